The molecule has 0 aliphatic carbocycles. The molecule has 3 fully saturated rings. The summed E-state index contributed by atoms with van der Waals surface area (Å²) < 4.78 is 76.1. The van der Waals surface area contributed by atoms with Crippen molar-refractivity contribution < 1.29 is 30.7 Å². The lowest BCUT2D eigenvalue weighted by molar-refractivity contribution is -0.187. The highest BCUT2D eigenvalue weighted by Crippen LogP contribution is 2.36. The quantitative estimate of drug-likeness (QED) is 0.655. The maximum atomic E-state index is 13.6. The zero-order valence-corrected chi connectivity index (χ0v) is 17.3. The Morgan fingerprint density at radius 2 is 1.79 bits per heavy atom. The highest BCUT2D eigenvalue weighted by atomic mass is 32.2. The summed E-state index contributed by atoms with van der Waals surface area (Å²) in [5.74, 6) is -1.71. The van der Waals surface area contributed by atoms with Gasteiger partial charge in [-0.25, -0.2) is 21.2 Å². The van der Waals surface area contributed by atoms with Crippen LogP contribution >= 0.6 is 0 Å². The average molecular weight is 434 g/mol. The van der Waals surface area contributed by atoms with Crippen molar-refractivity contribution in [3.05, 3.63) is 29.6 Å². The third-order valence-electron chi connectivity index (χ3n) is 5.97. The molecule has 156 valence electrons. The molecule has 1 spiro atoms. The van der Waals surface area contributed by atoms with Crippen molar-refractivity contribution in [2.75, 3.05) is 37.8 Å². The molecular weight excluding hydrogens is 409 g/mol. The molecule has 1 aromatic carbocycles. The first-order valence-electron chi connectivity index (χ1n) is 9.34. The van der Waals surface area contributed by atoms with Gasteiger partial charge in [-0.15, -0.1) is 0 Å². The van der Waals surface area contributed by atoms with Gasteiger partial charge < -0.3 is 9.47 Å². The zero-order chi connectivity index (χ0) is 20.2. The van der Waals surface area contributed by atoms with Gasteiger partial charge in [0.15, 0.2) is 25.5 Å². The van der Waals surface area contributed by atoms with Crippen molar-refractivity contribution in [1.82, 2.24) is 4.90 Å². The SMILES string of the molecule is Cc1cc(S(=O)(=O)[C@@H]2CS(=O)(=O)C[C@H]2N2CCC3(CC2)OCCO3)ccc1F. The predicted octanol–water partition coefficient (Wildman–Crippen LogP) is 0.912. The van der Waals surface area contributed by atoms with Crippen molar-refractivity contribution in [3.8, 4) is 0 Å². The fraction of sp³-hybridized carbons (Fsp3) is 0.667. The molecule has 0 amide bonds. The Labute approximate surface area is 164 Å². The molecule has 3 aliphatic rings. The fourth-order valence-corrected chi connectivity index (χ4v) is 9.30. The van der Waals surface area contributed by atoms with Gasteiger partial charge in [-0.3, -0.25) is 4.90 Å². The molecule has 0 unspecified atom stereocenters. The van der Waals surface area contributed by atoms with E-state index < -0.39 is 48.3 Å². The molecule has 10 heteroatoms. The fourth-order valence-electron chi connectivity index (χ4n) is 4.38. The van der Waals surface area contributed by atoms with Crippen LogP contribution in [0.1, 0.15) is 18.4 Å². The van der Waals surface area contributed by atoms with Gasteiger partial charge >= 0.3 is 0 Å². The topological polar surface area (TPSA) is 90.0 Å². The van der Waals surface area contributed by atoms with E-state index in [-0.39, 0.29) is 16.2 Å². The van der Waals surface area contributed by atoms with Crippen LogP contribution in [-0.4, -0.2) is 76.6 Å². The smallest absolute Gasteiger partial charge is 0.183 e. The summed E-state index contributed by atoms with van der Waals surface area (Å²) in [6, 6.07) is 2.97. The van der Waals surface area contributed by atoms with Crippen LogP contribution in [0.2, 0.25) is 0 Å². The monoisotopic (exact) mass is 433 g/mol. The van der Waals surface area contributed by atoms with Gasteiger partial charge in [-0.05, 0) is 30.7 Å². The van der Waals surface area contributed by atoms with E-state index in [2.05, 4.69) is 0 Å². The van der Waals surface area contributed by atoms with Crippen LogP contribution in [0.3, 0.4) is 0 Å². The molecule has 0 bridgehead atoms. The van der Waals surface area contributed by atoms with Crippen LogP contribution in [0.5, 0.6) is 0 Å². The highest BCUT2D eigenvalue weighted by molar-refractivity contribution is 7.96. The number of ether oxygens (including phenoxy) is 2. The zero-order valence-electron chi connectivity index (χ0n) is 15.6. The minimum atomic E-state index is -3.93. The van der Waals surface area contributed by atoms with Gasteiger partial charge in [0.2, 0.25) is 0 Å². The lowest BCUT2D eigenvalue weighted by atomic mass is 10.0. The van der Waals surface area contributed by atoms with Gasteiger partial charge in [-0.1, -0.05) is 0 Å². The van der Waals surface area contributed by atoms with Gasteiger partial charge in [-0.2, -0.15) is 0 Å². The summed E-state index contributed by atoms with van der Waals surface area (Å²) in [4.78, 5) is 1.90. The van der Waals surface area contributed by atoms with Gasteiger partial charge in [0, 0.05) is 32.0 Å². The van der Waals surface area contributed by atoms with E-state index in [1.165, 1.54) is 19.1 Å². The van der Waals surface area contributed by atoms with E-state index in [4.69, 9.17) is 9.47 Å². The Bertz CT molecular complexity index is 962. The maximum absolute atomic E-state index is 13.6. The molecule has 7 nitrogen and oxygen atoms in total. The number of aryl methyl sites for hydroxylation is 1. The Balaban J connectivity index is 1.60. The van der Waals surface area contributed by atoms with Crippen LogP contribution in [0.25, 0.3) is 0 Å². The van der Waals surface area contributed by atoms with Crippen LogP contribution in [0.4, 0.5) is 4.39 Å². The molecule has 3 heterocycles. The summed E-state index contributed by atoms with van der Waals surface area (Å²) in [6.45, 7) is 3.59. The molecule has 0 radical (unpaired) electrons. The second-order valence-electron chi connectivity index (χ2n) is 7.78. The second-order valence-corrected chi connectivity index (χ2v) is 12.1. The number of hydrogen-bond acceptors (Lipinski definition) is 7. The van der Waals surface area contributed by atoms with Crippen LogP contribution in [0, 0.1) is 12.7 Å². The number of piperidine rings is 1. The highest BCUT2D eigenvalue weighted by Gasteiger charge is 2.50. The third-order valence-corrected chi connectivity index (χ3v) is 10.1. The second kappa shape index (κ2) is 7.02. The summed E-state index contributed by atoms with van der Waals surface area (Å²) >= 11 is 0. The lowest BCUT2D eigenvalue weighted by Gasteiger charge is -2.41. The summed E-state index contributed by atoms with van der Waals surface area (Å²) in [6.07, 6.45) is 1.15. The number of nitrogens with zero attached hydrogens (tertiary/aromatic N) is 1. The Morgan fingerprint density at radius 3 is 2.39 bits per heavy atom. The number of sulfone groups is 2. The van der Waals surface area contributed by atoms with E-state index in [9.17, 15) is 21.2 Å². The van der Waals surface area contributed by atoms with E-state index in [0.717, 1.165) is 6.07 Å². The van der Waals surface area contributed by atoms with Crippen molar-refractivity contribution in [2.24, 2.45) is 0 Å². The largest absolute Gasteiger partial charge is 0.347 e. The molecule has 3 aliphatic heterocycles. The van der Waals surface area contributed by atoms with E-state index in [1.807, 2.05) is 4.90 Å². The van der Waals surface area contributed by atoms with Gasteiger partial charge in [0.1, 0.15) is 5.82 Å². The van der Waals surface area contributed by atoms with E-state index >= 15 is 0 Å². The molecule has 1 aromatic rings. The van der Waals surface area contributed by atoms with Crippen LogP contribution in [-0.2, 0) is 29.1 Å². The minimum absolute atomic E-state index is 0.0329. The standard InChI is InChI=1S/C18H24FNO6S2/c1-13-10-14(2-3-15(13)19)28(23,24)17-12-27(21,22)11-16(17)20-6-4-18(5-7-20)25-8-9-26-18/h2-3,10,16-17H,4-9,11-12H2,1H3/t16-,17-/m1/s1. The number of rotatable bonds is 3. The van der Waals surface area contributed by atoms with Gasteiger partial charge in [0.25, 0.3) is 0 Å². The number of hydrogen-bond donors (Lipinski definition) is 0. The minimum Gasteiger partial charge on any atom is -0.347 e. The molecule has 3 saturated heterocycles. The van der Waals surface area contributed by atoms with Crippen LogP contribution < -0.4 is 0 Å². The number of benzene rings is 1. The van der Waals surface area contributed by atoms with E-state index in [0.29, 0.717) is 39.1 Å². The first-order valence-corrected chi connectivity index (χ1v) is 12.7. The van der Waals surface area contributed by atoms with Crippen molar-refractivity contribution in [1.29, 1.82) is 0 Å². The Morgan fingerprint density at radius 1 is 1.14 bits per heavy atom. The van der Waals surface area contributed by atoms with Crippen molar-refractivity contribution in [3.63, 3.8) is 0 Å². The average Bonchev–Trinajstić information content (AvgIpc) is 3.22. The summed E-state index contributed by atoms with van der Waals surface area (Å²) in [5, 5.41) is -1.07. The third kappa shape index (κ3) is 3.60. The lowest BCUT2D eigenvalue weighted by Crippen LogP contribution is -2.53. The predicted molar refractivity (Wildman–Crippen MR) is 100.0 cm³/mol. The molecule has 0 aromatic heterocycles. The van der Waals surface area contributed by atoms with Crippen molar-refractivity contribution >= 4 is 19.7 Å². The van der Waals surface area contributed by atoms with Crippen molar-refractivity contribution in [2.45, 2.75) is 41.7 Å². The molecule has 0 saturated carbocycles. The first kappa shape index (κ1) is 20.2. The summed E-state index contributed by atoms with van der Waals surface area (Å²) in [5.41, 5.74) is 0.217. The van der Waals surface area contributed by atoms with E-state index in [1.54, 1.807) is 0 Å². The maximum Gasteiger partial charge on any atom is 0.183 e. The Kier molecular flexibility index (Phi) is 5.06. The first-order chi connectivity index (χ1) is 13.1. The molecular formula is C18H24FNO6S2. The number of likely N-dealkylation sites (tertiary alicyclic amines) is 1. The van der Waals surface area contributed by atoms with Crippen LogP contribution in [0.15, 0.2) is 23.1 Å². The van der Waals surface area contributed by atoms with Gasteiger partial charge in [0.05, 0.1) is 34.9 Å². The Hall–Kier alpha value is -1.07. The molecule has 4 rings (SSSR count). The number of halogens is 1. The molecule has 0 N–H and O–H groups in total. The molecule has 28 heavy (non-hydrogen) atoms. The summed E-state index contributed by atoms with van der Waals surface area (Å²) in [7, 11) is -7.41. The molecule has 2 atom stereocenters. The normalized spacial score (nSPS) is 30.1.